The van der Waals surface area contributed by atoms with Gasteiger partial charge in [-0.25, -0.2) is 4.57 Å². The number of rotatable bonds is 60. The van der Waals surface area contributed by atoms with Crippen LogP contribution in [0.15, 0.2) is 97.2 Å². The van der Waals surface area contributed by atoms with Gasteiger partial charge in [0.25, 0.3) is 0 Å². The van der Waals surface area contributed by atoms with Crippen molar-refractivity contribution in [2.24, 2.45) is 0 Å². The number of phosphoric acid groups is 1. The maximum atomic E-state index is 13.0. The van der Waals surface area contributed by atoms with E-state index >= 15 is 0 Å². The lowest BCUT2D eigenvalue weighted by Gasteiger charge is -2.25. The van der Waals surface area contributed by atoms with Gasteiger partial charge in [-0.2, -0.15) is 0 Å². The summed E-state index contributed by atoms with van der Waals surface area (Å²) in [6.45, 7) is 4.70. The largest absolute Gasteiger partial charge is 0.472 e. The number of hydrogen-bond acceptors (Lipinski definition) is 5. The van der Waals surface area contributed by atoms with E-state index in [9.17, 15) is 19.4 Å². The molecule has 0 aliphatic carbocycles. The van der Waals surface area contributed by atoms with Gasteiger partial charge in [0.1, 0.15) is 13.2 Å². The Morgan fingerprint density at radius 1 is 0.443 bits per heavy atom. The summed E-state index contributed by atoms with van der Waals surface area (Å²) in [5.74, 6) is -0.209. The molecule has 0 fully saturated rings. The Labute approximate surface area is 489 Å². The van der Waals surface area contributed by atoms with Gasteiger partial charge in [-0.1, -0.05) is 304 Å². The molecule has 1 amide bonds. The number of carbonyl (C=O) groups is 1. The van der Waals surface area contributed by atoms with Crippen molar-refractivity contribution in [1.29, 1.82) is 0 Å². The van der Waals surface area contributed by atoms with Gasteiger partial charge in [0.15, 0.2) is 0 Å². The second-order valence-electron chi connectivity index (χ2n) is 23.5. The van der Waals surface area contributed by atoms with Crippen molar-refractivity contribution in [1.82, 2.24) is 5.32 Å². The first-order chi connectivity index (χ1) is 38.5. The molecule has 0 aromatic carbocycles. The predicted molar refractivity (Wildman–Crippen MR) is 346 cm³/mol. The molecule has 0 heterocycles. The van der Waals surface area contributed by atoms with E-state index in [1.807, 2.05) is 27.2 Å². The van der Waals surface area contributed by atoms with Crippen LogP contribution in [-0.4, -0.2) is 73.4 Å². The van der Waals surface area contributed by atoms with Crippen LogP contribution in [0.25, 0.3) is 0 Å². The van der Waals surface area contributed by atoms with Crippen molar-refractivity contribution in [3.05, 3.63) is 97.2 Å². The third kappa shape index (κ3) is 62.9. The first-order valence-electron chi connectivity index (χ1n) is 33.1. The topological polar surface area (TPSA) is 105 Å². The van der Waals surface area contributed by atoms with Gasteiger partial charge in [0, 0.05) is 6.42 Å². The number of carbonyl (C=O) groups excluding carboxylic acids is 1. The average molecular weight is 1120 g/mol. The zero-order chi connectivity index (χ0) is 57.7. The van der Waals surface area contributed by atoms with Crippen LogP contribution in [0.2, 0.25) is 0 Å². The van der Waals surface area contributed by atoms with Crippen LogP contribution in [0, 0.1) is 0 Å². The highest BCUT2D eigenvalue weighted by atomic mass is 31.2. The lowest BCUT2D eigenvalue weighted by molar-refractivity contribution is -0.870. The van der Waals surface area contributed by atoms with Crippen LogP contribution in [0.3, 0.4) is 0 Å². The average Bonchev–Trinajstić information content (AvgIpc) is 3.42. The molecule has 8 nitrogen and oxygen atoms in total. The Morgan fingerprint density at radius 3 is 1.11 bits per heavy atom. The second kappa shape index (κ2) is 60.0. The number of aliphatic hydroxyl groups is 1. The van der Waals surface area contributed by atoms with Gasteiger partial charge in [-0.05, 0) is 77.0 Å². The molecule has 3 unspecified atom stereocenters. The van der Waals surface area contributed by atoms with E-state index in [0.29, 0.717) is 17.4 Å². The summed E-state index contributed by atoms with van der Waals surface area (Å²) in [7, 11) is 1.54. The van der Waals surface area contributed by atoms with Crippen LogP contribution < -0.4 is 5.32 Å². The maximum Gasteiger partial charge on any atom is 0.472 e. The number of amides is 1. The summed E-state index contributed by atoms with van der Waals surface area (Å²) < 4.78 is 23.8. The molecule has 0 aliphatic rings. The fraction of sp³-hybridized carbons (Fsp3) is 0.757. The van der Waals surface area contributed by atoms with Crippen LogP contribution >= 0.6 is 7.82 Å². The monoisotopic (exact) mass is 1120 g/mol. The normalized spacial score (nSPS) is 14.4. The number of nitrogens with one attached hydrogen (secondary N) is 1. The lowest BCUT2D eigenvalue weighted by Crippen LogP contribution is -2.45. The minimum absolute atomic E-state index is 0.0498. The Kier molecular flexibility index (Phi) is 58.1. The molecule has 0 spiro atoms. The summed E-state index contributed by atoms with van der Waals surface area (Å²) in [5.41, 5.74) is 0. The number of quaternary nitrogens is 1. The van der Waals surface area contributed by atoms with Crippen LogP contribution in [-0.2, 0) is 18.4 Å². The summed E-state index contributed by atoms with van der Waals surface area (Å²) >= 11 is 0. The highest BCUT2D eigenvalue weighted by Crippen LogP contribution is 2.43. The van der Waals surface area contributed by atoms with Crippen LogP contribution in [0.1, 0.15) is 290 Å². The molecule has 0 radical (unpaired) electrons. The summed E-state index contributed by atoms with van der Waals surface area (Å²) in [5, 5.41) is 14.0. The van der Waals surface area contributed by atoms with E-state index in [0.717, 1.165) is 89.9 Å². The van der Waals surface area contributed by atoms with Crippen LogP contribution in [0.4, 0.5) is 0 Å². The molecular weight excluding hydrogens is 996 g/mol. The molecule has 458 valence electrons. The van der Waals surface area contributed by atoms with Crippen LogP contribution in [0.5, 0.6) is 0 Å². The molecule has 0 aromatic heterocycles. The van der Waals surface area contributed by atoms with Crippen molar-refractivity contribution < 1.29 is 32.9 Å². The highest BCUT2D eigenvalue weighted by molar-refractivity contribution is 7.47. The Bertz CT molecular complexity index is 1610. The zero-order valence-electron chi connectivity index (χ0n) is 52.3. The molecule has 3 N–H and O–H groups in total. The molecular formula is C70H128N2O6P+. The predicted octanol–water partition coefficient (Wildman–Crippen LogP) is 20.9. The Morgan fingerprint density at radius 2 is 0.759 bits per heavy atom. The summed E-state index contributed by atoms with van der Waals surface area (Å²) in [4.78, 5) is 23.4. The molecule has 0 rings (SSSR count). The lowest BCUT2D eigenvalue weighted by atomic mass is 10.0. The van der Waals surface area contributed by atoms with Gasteiger partial charge >= 0.3 is 7.82 Å². The summed E-state index contributed by atoms with van der Waals surface area (Å²) in [6, 6.07) is -0.874. The van der Waals surface area contributed by atoms with Gasteiger partial charge in [-0.15, -0.1) is 0 Å². The molecule has 0 aliphatic heterocycles. The number of aliphatic hydroxyl groups excluding tert-OH is 1. The van der Waals surface area contributed by atoms with E-state index in [-0.39, 0.29) is 19.1 Å². The van der Waals surface area contributed by atoms with Crippen molar-refractivity contribution in [2.45, 2.75) is 302 Å². The number of hydrogen-bond donors (Lipinski definition) is 3. The minimum Gasteiger partial charge on any atom is -0.387 e. The third-order valence-corrected chi connectivity index (χ3v) is 15.5. The van der Waals surface area contributed by atoms with Crippen molar-refractivity contribution in [2.75, 3.05) is 40.9 Å². The number of nitrogens with zero attached hydrogens (tertiary/aromatic N) is 1. The molecule has 3 atom stereocenters. The van der Waals surface area contributed by atoms with Crippen molar-refractivity contribution in [3.63, 3.8) is 0 Å². The quantitative estimate of drug-likeness (QED) is 0.0243. The van der Waals surface area contributed by atoms with E-state index in [4.69, 9.17) is 9.05 Å². The molecule has 9 heteroatoms. The number of allylic oxidation sites excluding steroid dienone is 15. The minimum atomic E-state index is -4.37. The second-order valence-corrected chi connectivity index (χ2v) is 24.9. The summed E-state index contributed by atoms with van der Waals surface area (Å²) in [6.07, 6.45) is 86.9. The molecule has 0 bridgehead atoms. The van der Waals surface area contributed by atoms with Gasteiger partial charge in [0.2, 0.25) is 5.91 Å². The highest BCUT2D eigenvalue weighted by Gasteiger charge is 2.27. The first kappa shape index (κ1) is 76.4. The number of unbranched alkanes of at least 4 members (excludes halogenated alkanes) is 33. The van der Waals surface area contributed by atoms with E-state index < -0.39 is 20.0 Å². The molecule has 0 saturated carbocycles. The zero-order valence-corrected chi connectivity index (χ0v) is 53.2. The maximum absolute atomic E-state index is 13.0. The SMILES string of the molecule is CC/C=C\C/C=C\C/C=C\C/C=C\C/C=C\C/C=C\C/C=C\CCCCCC(=O)NC(COP(=O)(O)OCC[N+](C)(C)C)C(O)/C=C/CCCCCCCCCCCCCCCCCCCCCCCCCCCCCCCC. The fourth-order valence-corrected chi connectivity index (χ4v) is 10.2. The third-order valence-electron chi connectivity index (χ3n) is 14.6. The number of likely N-dealkylation sites (N-methyl/N-ethyl adjacent to an activating group) is 1. The van der Waals surface area contributed by atoms with E-state index in [2.05, 4.69) is 104 Å². The Balaban J connectivity index is 4.18. The smallest absolute Gasteiger partial charge is 0.387 e. The van der Waals surface area contributed by atoms with Gasteiger partial charge in [-0.3, -0.25) is 13.8 Å². The van der Waals surface area contributed by atoms with Crippen molar-refractivity contribution in [3.8, 4) is 0 Å². The molecule has 0 aromatic rings. The Hall–Kier alpha value is -2.58. The van der Waals surface area contributed by atoms with Gasteiger partial charge < -0.3 is 19.8 Å². The van der Waals surface area contributed by atoms with Crippen molar-refractivity contribution >= 4 is 13.7 Å². The van der Waals surface area contributed by atoms with E-state index in [1.165, 1.54) is 180 Å². The molecule has 0 saturated heterocycles. The first-order valence-corrected chi connectivity index (χ1v) is 34.6. The fourth-order valence-electron chi connectivity index (χ4n) is 9.44. The molecule has 79 heavy (non-hydrogen) atoms. The standard InChI is InChI=1S/C70H127N2O6P/c1-6-8-10-12-14-16-18-20-22-24-26-28-30-32-33-34-35-36-37-38-40-41-43-45-47-49-51-53-55-57-59-61-63-69(73)68(67-78-79(75,76)77-66-65-72(3,4)5)71-70(74)64-62-60-58-56-54-52-50-48-46-44-42-39-31-29-27-25-23-21-19-17-15-13-11-9-7-2/h9,11,15,17,21,23,27,29,39,42,46,48,52,54,61,63,68-69,73H,6-8,10,12-14,16,18-20,22,24-26,28,30-38,40-41,43-45,47,49-51,53,55-60,62,64-67H2,1-5H3,(H-,71,74,75,76)/p+1/b11-9-,17-15-,23-21-,29-27-,42-39-,48-46-,54-52-,63-61+. The van der Waals surface area contributed by atoms with Gasteiger partial charge in [0.05, 0.1) is 39.9 Å². The van der Waals surface area contributed by atoms with E-state index in [1.54, 1.807) is 6.08 Å². The number of phosphoric ester groups is 1.